The number of fused-ring (bicyclic) bond motifs is 12. The molecular weight excluding hydrogens is 667 g/mol. The van der Waals surface area contributed by atoms with E-state index in [2.05, 4.69) is 199 Å². The molecule has 0 bridgehead atoms. The summed E-state index contributed by atoms with van der Waals surface area (Å²) in [4.78, 5) is 0. The van der Waals surface area contributed by atoms with Gasteiger partial charge in [-0.15, -0.1) is 9.13 Å². The van der Waals surface area contributed by atoms with E-state index in [9.17, 15) is 5.26 Å². The summed E-state index contributed by atoms with van der Waals surface area (Å²) >= 11 is 0. The number of allylic oxidation sites excluding steroid dienone is 1. The highest BCUT2D eigenvalue weighted by Gasteiger charge is 2.41. The Labute approximate surface area is 322 Å². The Bertz CT molecular complexity index is 2890. The predicted molar refractivity (Wildman–Crippen MR) is 223 cm³/mol. The fourth-order valence-electron chi connectivity index (χ4n) is 9.11. The molecule has 0 radical (unpaired) electrons. The van der Waals surface area contributed by atoms with Crippen molar-refractivity contribution in [1.29, 1.82) is 5.26 Å². The number of nitrogens with zero attached hydrogens (tertiary/aromatic N) is 3. The lowest BCUT2D eigenvalue weighted by Gasteiger charge is -2.26. The Kier molecular flexibility index (Phi) is 7.68. The highest BCUT2D eigenvalue weighted by Crippen LogP contribution is 2.55. The Morgan fingerprint density at radius 1 is 0.564 bits per heavy atom. The van der Waals surface area contributed by atoms with Crippen molar-refractivity contribution in [2.75, 3.05) is 0 Å². The second-order valence-electron chi connectivity index (χ2n) is 15.3. The standard InChI is InChI=1S/C52H39N3/c1-52(2)50-43-19-10-9-16-38(43)22-24-44(50)45-25-23-40-18-11-17-39-20-21-41(36-12-5-3-6-13-36)31-46(39)47-32-42(37-14-7-4-8-15-37)27-29-54(47)34-55-28-26-35(33-53)30-48(55)49(40)51(45)52/h3-16,18-32H,17,34H2,1-2H3/q+2/b18-11+. The average molecular weight is 706 g/mol. The first-order valence-corrected chi connectivity index (χ1v) is 19.1. The molecule has 0 atom stereocenters. The van der Waals surface area contributed by atoms with Crippen LogP contribution in [0.3, 0.4) is 0 Å². The lowest BCUT2D eigenvalue weighted by molar-refractivity contribution is -0.903. The van der Waals surface area contributed by atoms with Gasteiger partial charge in [-0.3, -0.25) is 0 Å². The molecule has 2 aromatic heterocycles. The van der Waals surface area contributed by atoms with Crippen molar-refractivity contribution in [3.63, 3.8) is 0 Å². The zero-order valence-electron chi connectivity index (χ0n) is 31.0. The third kappa shape index (κ3) is 5.41. The van der Waals surface area contributed by atoms with Crippen LogP contribution in [-0.2, 0) is 18.5 Å². The van der Waals surface area contributed by atoms with Crippen molar-refractivity contribution < 1.29 is 9.13 Å². The van der Waals surface area contributed by atoms with Crippen LogP contribution in [0.4, 0.5) is 0 Å². The molecule has 0 unspecified atom stereocenters. The van der Waals surface area contributed by atoms with Crippen LogP contribution in [0.15, 0.2) is 170 Å². The Hall–Kier alpha value is -6.89. The van der Waals surface area contributed by atoms with Gasteiger partial charge >= 0.3 is 6.67 Å². The molecule has 0 saturated carbocycles. The van der Waals surface area contributed by atoms with E-state index in [0.29, 0.717) is 12.2 Å². The van der Waals surface area contributed by atoms with Gasteiger partial charge in [-0.25, -0.2) is 0 Å². The van der Waals surface area contributed by atoms with E-state index >= 15 is 0 Å². The first-order valence-electron chi connectivity index (χ1n) is 19.1. The maximum atomic E-state index is 10.3. The third-order valence-electron chi connectivity index (χ3n) is 11.7. The normalized spacial score (nSPS) is 14.1. The zero-order valence-corrected chi connectivity index (χ0v) is 31.0. The van der Waals surface area contributed by atoms with Crippen LogP contribution in [0.1, 0.15) is 41.7 Å². The molecule has 3 nitrogen and oxygen atoms in total. The molecule has 2 aliphatic rings. The van der Waals surface area contributed by atoms with E-state index in [1.807, 2.05) is 6.07 Å². The van der Waals surface area contributed by atoms with Crippen molar-refractivity contribution in [2.45, 2.75) is 32.4 Å². The van der Waals surface area contributed by atoms with Crippen molar-refractivity contribution >= 4 is 16.8 Å². The molecule has 0 N–H and O–H groups in total. The van der Waals surface area contributed by atoms with E-state index in [1.165, 1.54) is 72.0 Å². The van der Waals surface area contributed by atoms with Crippen molar-refractivity contribution in [1.82, 2.24) is 0 Å². The molecule has 3 heteroatoms. The quantitative estimate of drug-likeness (QED) is 0.165. The monoisotopic (exact) mass is 705 g/mol. The first kappa shape index (κ1) is 32.7. The highest BCUT2D eigenvalue weighted by molar-refractivity contribution is 6.00. The second-order valence-corrected chi connectivity index (χ2v) is 15.3. The summed E-state index contributed by atoms with van der Waals surface area (Å²) < 4.78 is 4.70. The van der Waals surface area contributed by atoms with Gasteiger partial charge in [0.15, 0.2) is 12.4 Å². The van der Waals surface area contributed by atoms with Gasteiger partial charge in [-0.05, 0) is 78.9 Å². The molecule has 1 aliphatic heterocycles. The SMILES string of the molecule is CC1(C)c2c(ccc3c2-c2cc(C#N)cc[n+]2C[n+]2ccc(-c4ccccc4)cc2-c2cc(-c4ccccc4)ccc2C/C=C/3)-c2ccc3ccccc3c21. The van der Waals surface area contributed by atoms with E-state index in [1.54, 1.807) is 0 Å². The van der Waals surface area contributed by atoms with Gasteiger partial charge in [0.2, 0.25) is 11.4 Å². The average Bonchev–Trinajstić information content (AvgIpc) is 3.47. The Morgan fingerprint density at radius 2 is 1.24 bits per heavy atom. The van der Waals surface area contributed by atoms with Gasteiger partial charge < -0.3 is 0 Å². The molecule has 0 spiro atoms. The fourth-order valence-corrected chi connectivity index (χ4v) is 9.11. The Balaban J connectivity index is 1.25. The van der Waals surface area contributed by atoms with Gasteiger partial charge in [0.25, 0.3) is 0 Å². The summed E-state index contributed by atoms with van der Waals surface area (Å²) in [6, 6.07) is 57.2. The van der Waals surface area contributed by atoms with Crippen LogP contribution < -0.4 is 9.13 Å². The van der Waals surface area contributed by atoms with Crippen LogP contribution in [0.5, 0.6) is 0 Å². The minimum atomic E-state index is -0.293. The molecule has 55 heavy (non-hydrogen) atoms. The summed E-state index contributed by atoms with van der Waals surface area (Å²) in [5.74, 6) is 0. The van der Waals surface area contributed by atoms with Crippen LogP contribution in [0.2, 0.25) is 0 Å². The number of pyridine rings is 2. The van der Waals surface area contributed by atoms with Gasteiger partial charge in [0.05, 0.1) is 22.8 Å². The summed E-state index contributed by atoms with van der Waals surface area (Å²) in [6.45, 7) is 5.31. The molecule has 6 aromatic carbocycles. The van der Waals surface area contributed by atoms with Crippen LogP contribution in [-0.4, -0.2) is 0 Å². The molecule has 0 saturated heterocycles. The first-order chi connectivity index (χ1) is 27.0. The van der Waals surface area contributed by atoms with Crippen molar-refractivity contribution in [3.05, 3.63) is 198 Å². The summed E-state index contributed by atoms with van der Waals surface area (Å²) in [5.41, 5.74) is 17.3. The fraction of sp³-hybridized carbons (Fsp3) is 0.0962. The van der Waals surface area contributed by atoms with Gasteiger partial charge in [0.1, 0.15) is 0 Å². The predicted octanol–water partition coefficient (Wildman–Crippen LogP) is 11.3. The summed E-state index contributed by atoms with van der Waals surface area (Å²) in [7, 11) is 0. The van der Waals surface area contributed by atoms with E-state index in [0.717, 1.165) is 23.4 Å². The molecule has 3 heterocycles. The van der Waals surface area contributed by atoms with E-state index in [4.69, 9.17) is 0 Å². The van der Waals surface area contributed by atoms with Crippen LogP contribution >= 0.6 is 0 Å². The van der Waals surface area contributed by atoms with Gasteiger partial charge in [-0.1, -0.05) is 147 Å². The van der Waals surface area contributed by atoms with Crippen molar-refractivity contribution in [3.8, 4) is 62.0 Å². The smallest absolute Gasteiger partial charge is 0.192 e. The third-order valence-corrected chi connectivity index (χ3v) is 11.7. The Morgan fingerprint density at radius 3 is 2.02 bits per heavy atom. The molecule has 1 aliphatic carbocycles. The molecule has 10 rings (SSSR count). The molecule has 260 valence electrons. The number of hydrogen-bond donors (Lipinski definition) is 0. The highest BCUT2D eigenvalue weighted by atomic mass is 15.1. The van der Waals surface area contributed by atoms with Gasteiger partial charge in [0, 0.05) is 29.7 Å². The molecule has 0 fully saturated rings. The minimum Gasteiger partial charge on any atom is -0.192 e. The number of aromatic nitrogens is 2. The number of hydrogen-bond acceptors (Lipinski definition) is 1. The zero-order chi connectivity index (χ0) is 37.1. The van der Waals surface area contributed by atoms with Gasteiger partial charge in [-0.2, -0.15) is 5.26 Å². The summed E-state index contributed by atoms with van der Waals surface area (Å²) in [6.07, 6.45) is 9.72. The molecular formula is C52H39N3+2. The second kappa shape index (κ2) is 12.9. The lowest BCUT2D eigenvalue weighted by Crippen LogP contribution is -2.53. The molecule has 8 aromatic rings. The number of rotatable bonds is 2. The minimum absolute atomic E-state index is 0.293. The largest absolute Gasteiger partial charge is 0.344 e. The topological polar surface area (TPSA) is 31.5 Å². The maximum absolute atomic E-state index is 10.3. The van der Waals surface area contributed by atoms with Crippen LogP contribution in [0.25, 0.3) is 72.7 Å². The number of nitriles is 1. The lowest BCUT2D eigenvalue weighted by atomic mass is 9.76. The van der Waals surface area contributed by atoms with E-state index in [-0.39, 0.29) is 5.41 Å². The summed E-state index contributed by atoms with van der Waals surface area (Å²) in [5, 5.41) is 12.8. The van der Waals surface area contributed by atoms with Crippen molar-refractivity contribution in [2.24, 2.45) is 0 Å². The van der Waals surface area contributed by atoms with Crippen LogP contribution in [0, 0.1) is 11.3 Å². The number of benzene rings is 6. The maximum Gasteiger partial charge on any atom is 0.344 e. The molecule has 0 amide bonds. The van der Waals surface area contributed by atoms with E-state index < -0.39 is 0 Å².